The van der Waals surface area contributed by atoms with Gasteiger partial charge in [0.1, 0.15) is 12.4 Å². The number of aliphatic imine (C=N–C) groups is 1. The van der Waals surface area contributed by atoms with Gasteiger partial charge in [-0.05, 0) is 37.5 Å². The molecule has 3 rings (SSSR count). The fourth-order valence-electron chi connectivity index (χ4n) is 2.99. The molecular formula is C19H27ClN6O. The zero-order valence-electron chi connectivity index (χ0n) is 16.2. The van der Waals surface area contributed by atoms with E-state index < -0.39 is 0 Å². The molecule has 27 heavy (non-hydrogen) atoms. The Labute approximate surface area is 165 Å². The number of benzene rings is 1. The van der Waals surface area contributed by atoms with Crippen LogP contribution in [0.2, 0.25) is 5.02 Å². The molecule has 1 unspecified atom stereocenters. The number of hydrogen-bond donors (Lipinski definition) is 1. The van der Waals surface area contributed by atoms with Gasteiger partial charge >= 0.3 is 0 Å². The van der Waals surface area contributed by atoms with Crippen LogP contribution in [-0.4, -0.2) is 51.9 Å². The minimum Gasteiger partial charge on any atom is -0.376 e. The van der Waals surface area contributed by atoms with E-state index >= 15 is 0 Å². The summed E-state index contributed by atoms with van der Waals surface area (Å²) >= 11 is 5.99. The number of guanidine groups is 1. The van der Waals surface area contributed by atoms with E-state index in [2.05, 4.69) is 20.4 Å². The summed E-state index contributed by atoms with van der Waals surface area (Å²) in [6.45, 7) is 4.73. The van der Waals surface area contributed by atoms with Crippen LogP contribution in [0.25, 0.3) is 0 Å². The molecule has 1 aromatic carbocycles. The van der Waals surface area contributed by atoms with E-state index in [4.69, 9.17) is 21.3 Å². The molecule has 1 aromatic heterocycles. The van der Waals surface area contributed by atoms with E-state index in [0.717, 1.165) is 55.2 Å². The number of aryl methyl sites for hydroxylation is 1. The molecule has 7 nitrogen and oxygen atoms in total. The number of nitrogens with one attached hydrogen (secondary N) is 1. The minimum atomic E-state index is 0.246. The Balaban J connectivity index is 1.69. The van der Waals surface area contributed by atoms with Crippen molar-refractivity contribution >= 4 is 17.6 Å². The molecule has 0 amide bonds. The second kappa shape index (κ2) is 9.19. The summed E-state index contributed by atoms with van der Waals surface area (Å²) in [5, 5.41) is 12.5. The van der Waals surface area contributed by atoms with E-state index in [9.17, 15) is 0 Å². The molecule has 8 heteroatoms. The van der Waals surface area contributed by atoms with Crippen molar-refractivity contribution in [2.24, 2.45) is 12.0 Å². The smallest absolute Gasteiger partial charge is 0.194 e. The first-order valence-electron chi connectivity index (χ1n) is 9.23. The largest absolute Gasteiger partial charge is 0.376 e. The summed E-state index contributed by atoms with van der Waals surface area (Å²) in [5.41, 5.74) is 1.17. The quantitative estimate of drug-likeness (QED) is 0.606. The van der Waals surface area contributed by atoms with Gasteiger partial charge in [-0.25, -0.2) is 4.99 Å². The molecular weight excluding hydrogens is 364 g/mol. The Morgan fingerprint density at radius 2 is 2.15 bits per heavy atom. The third-order valence-electron chi connectivity index (χ3n) is 4.76. The molecule has 146 valence electrons. The third kappa shape index (κ3) is 5.43. The van der Waals surface area contributed by atoms with Gasteiger partial charge in [0.05, 0.1) is 6.10 Å². The highest BCUT2D eigenvalue weighted by Gasteiger charge is 2.17. The van der Waals surface area contributed by atoms with Crippen molar-refractivity contribution in [2.45, 2.75) is 39.0 Å². The average molecular weight is 391 g/mol. The molecule has 0 saturated carbocycles. The summed E-state index contributed by atoms with van der Waals surface area (Å²) < 4.78 is 7.68. The van der Waals surface area contributed by atoms with E-state index in [-0.39, 0.29) is 6.10 Å². The Morgan fingerprint density at radius 3 is 2.78 bits per heavy atom. The van der Waals surface area contributed by atoms with Crippen molar-refractivity contribution in [3.63, 3.8) is 0 Å². The lowest BCUT2D eigenvalue weighted by Crippen LogP contribution is -2.42. The van der Waals surface area contributed by atoms with Gasteiger partial charge in [-0.2, -0.15) is 0 Å². The summed E-state index contributed by atoms with van der Waals surface area (Å²) in [7, 11) is 3.98. The van der Waals surface area contributed by atoms with Crippen molar-refractivity contribution in [3.8, 4) is 0 Å². The van der Waals surface area contributed by atoms with Gasteiger partial charge < -0.3 is 19.5 Å². The van der Waals surface area contributed by atoms with Gasteiger partial charge in [0.15, 0.2) is 11.8 Å². The SMILES string of the molecule is Cc1nnc(CN=C(NCC2CCCO2)N(C)Cc2ccc(Cl)cc2)n1C. The maximum Gasteiger partial charge on any atom is 0.194 e. The maximum absolute atomic E-state index is 5.99. The second-order valence-corrected chi connectivity index (χ2v) is 7.30. The molecule has 1 saturated heterocycles. The van der Waals surface area contributed by atoms with Gasteiger partial charge in [0, 0.05) is 38.8 Å². The van der Waals surface area contributed by atoms with Crippen LogP contribution in [0.3, 0.4) is 0 Å². The highest BCUT2D eigenvalue weighted by atomic mass is 35.5. The zero-order valence-corrected chi connectivity index (χ0v) is 16.9. The molecule has 0 bridgehead atoms. The van der Waals surface area contributed by atoms with Gasteiger partial charge in [-0.3, -0.25) is 0 Å². The van der Waals surface area contributed by atoms with E-state index in [1.807, 2.05) is 49.9 Å². The molecule has 1 atom stereocenters. The zero-order chi connectivity index (χ0) is 19.2. The van der Waals surface area contributed by atoms with Crippen LogP contribution in [0.4, 0.5) is 0 Å². The van der Waals surface area contributed by atoms with Gasteiger partial charge in [0.25, 0.3) is 0 Å². The van der Waals surface area contributed by atoms with E-state index in [0.29, 0.717) is 6.54 Å². The number of aromatic nitrogens is 3. The Morgan fingerprint density at radius 1 is 1.37 bits per heavy atom. The standard InChI is InChI=1S/C19H27ClN6O/c1-14-23-24-18(26(14)3)12-22-19(21-11-17-5-4-10-27-17)25(2)13-15-6-8-16(20)9-7-15/h6-9,17H,4-5,10-13H2,1-3H3,(H,21,22). The molecule has 0 radical (unpaired) electrons. The Bertz CT molecular complexity index is 767. The van der Waals surface area contributed by atoms with Crippen LogP contribution in [-0.2, 0) is 24.9 Å². The van der Waals surface area contributed by atoms with E-state index in [1.165, 1.54) is 5.56 Å². The number of hydrogen-bond acceptors (Lipinski definition) is 4. The molecule has 1 aliphatic heterocycles. The van der Waals surface area contributed by atoms with Crippen LogP contribution in [0.5, 0.6) is 0 Å². The van der Waals surface area contributed by atoms with Gasteiger partial charge in [-0.1, -0.05) is 23.7 Å². The first kappa shape index (κ1) is 19.6. The monoisotopic (exact) mass is 390 g/mol. The molecule has 0 aliphatic carbocycles. The van der Waals surface area contributed by atoms with Crippen molar-refractivity contribution in [2.75, 3.05) is 20.2 Å². The maximum atomic E-state index is 5.99. The predicted molar refractivity (Wildman–Crippen MR) is 107 cm³/mol. The van der Waals surface area contributed by atoms with Crippen LogP contribution >= 0.6 is 11.6 Å². The van der Waals surface area contributed by atoms with Crippen LogP contribution in [0.15, 0.2) is 29.3 Å². The lowest BCUT2D eigenvalue weighted by Gasteiger charge is -2.24. The summed E-state index contributed by atoms with van der Waals surface area (Å²) in [6.07, 6.45) is 2.46. The summed E-state index contributed by atoms with van der Waals surface area (Å²) in [5.74, 6) is 2.54. The highest BCUT2D eigenvalue weighted by Crippen LogP contribution is 2.13. The number of ether oxygens (including phenoxy) is 1. The van der Waals surface area contributed by atoms with Crippen molar-refractivity contribution in [1.82, 2.24) is 25.0 Å². The number of rotatable bonds is 6. The van der Waals surface area contributed by atoms with E-state index in [1.54, 1.807) is 0 Å². The van der Waals surface area contributed by atoms with Gasteiger partial charge in [-0.15, -0.1) is 10.2 Å². The third-order valence-corrected chi connectivity index (χ3v) is 5.01. The van der Waals surface area contributed by atoms with Crippen molar-refractivity contribution in [1.29, 1.82) is 0 Å². The predicted octanol–water partition coefficient (Wildman–Crippen LogP) is 2.53. The Hall–Kier alpha value is -2.12. The number of nitrogens with zero attached hydrogens (tertiary/aromatic N) is 5. The fourth-order valence-corrected chi connectivity index (χ4v) is 3.12. The van der Waals surface area contributed by atoms with Crippen molar-refractivity contribution in [3.05, 3.63) is 46.5 Å². The average Bonchev–Trinajstić information content (AvgIpc) is 3.28. The normalized spacial score (nSPS) is 17.3. The topological polar surface area (TPSA) is 67.6 Å². The number of halogens is 1. The first-order valence-corrected chi connectivity index (χ1v) is 9.61. The Kier molecular flexibility index (Phi) is 6.68. The minimum absolute atomic E-state index is 0.246. The lowest BCUT2D eigenvalue weighted by molar-refractivity contribution is 0.113. The summed E-state index contributed by atoms with van der Waals surface area (Å²) in [6, 6.07) is 7.87. The lowest BCUT2D eigenvalue weighted by atomic mass is 10.2. The molecule has 0 spiro atoms. The fraction of sp³-hybridized carbons (Fsp3) is 0.526. The molecule has 1 fully saturated rings. The molecule has 2 aromatic rings. The highest BCUT2D eigenvalue weighted by molar-refractivity contribution is 6.30. The van der Waals surface area contributed by atoms with Crippen LogP contribution < -0.4 is 5.32 Å². The summed E-state index contributed by atoms with van der Waals surface area (Å²) in [4.78, 5) is 6.87. The second-order valence-electron chi connectivity index (χ2n) is 6.86. The molecule has 1 aliphatic rings. The van der Waals surface area contributed by atoms with Gasteiger partial charge in [0.2, 0.25) is 0 Å². The van der Waals surface area contributed by atoms with Crippen LogP contribution in [0, 0.1) is 6.92 Å². The van der Waals surface area contributed by atoms with Crippen molar-refractivity contribution < 1.29 is 4.74 Å². The molecule has 1 N–H and O–H groups in total. The van der Waals surface area contributed by atoms with Crippen LogP contribution in [0.1, 0.15) is 30.1 Å². The molecule has 2 heterocycles. The first-order chi connectivity index (χ1) is 13.0.